The van der Waals surface area contributed by atoms with Crippen molar-refractivity contribution in [1.82, 2.24) is 19.4 Å². The maximum atomic E-state index is 13.9. The number of thioether (sulfide) groups is 2. The molecule has 4 aromatic heterocycles. The third-order valence-electron chi connectivity index (χ3n) is 7.34. The van der Waals surface area contributed by atoms with E-state index >= 15 is 0 Å². The Balaban J connectivity index is 0.000000205. The first-order valence-electron chi connectivity index (χ1n) is 15.8. The number of pyridine rings is 3. The molecule has 6 aromatic rings. The van der Waals surface area contributed by atoms with Gasteiger partial charge in [0.2, 0.25) is 11.2 Å². The number of halogens is 5. The molecule has 0 spiro atoms. The molecule has 2 aromatic carbocycles. The number of carbonyl (C=O) groups is 3. The molecular weight excluding hydrogens is 821 g/mol. The van der Waals surface area contributed by atoms with E-state index in [4.69, 9.17) is 55.7 Å². The van der Waals surface area contributed by atoms with Crippen LogP contribution in [0.1, 0.15) is 34.6 Å². The molecule has 0 amide bonds. The second-order valence-electron chi connectivity index (χ2n) is 10.7. The van der Waals surface area contributed by atoms with Gasteiger partial charge in [0.25, 0.3) is 0 Å². The number of esters is 2. The van der Waals surface area contributed by atoms with E-state index in [1.807, 2.05) is 18.2 Å². The molecule has 12 nitrogen and oxygen atoms in total. The van der Waals surface area contributed by atoms with Gasteiger partial charge >= 0.3 is 11.9 Å². The van der Waals surface area contributed by atoms with Crippen molar-refractivity contribution in [1.29, 1.82) is 0 Å². The average molecular weight is 852 g/mol. The van der Waals surface area contributed by atoms with Gasteiger partial charge in [0.1, 0.15) is 21.9 Å². The molecule has 0 aliphatic heterocycles. The molecule has 19 heteroatoms. The number of ether oxygens (including phenoxy) is 2. The highest BCUT2D eigenvalue weighted by atomic mass is 35.5. The molecule has 0 fully saturated rings. The number of carbonyl (C=O) groups excluding carboxylic acids is 3. The summed E-state index contributed by atoms with van der Waals surface area (Å²) >= 11 is 19.6. The maximum absolute atomic E-state index is 13.9. The van der Waals surface area contributed by atoms with E-state index < -0.39 is 39.9 Å². The average Bonchev–Trinajstić information content (AvgIpc) is 3.54. The van der Waals surface area contributed by atoms with Crippen molar-refractivity contribution in [3.8, 4) is 0 Å². The van der Waals surface area contributed by atoms with Crippen LogP contribution in [-0.4, -0.2) is 62.8 Å². The summed E-state index contributed by atoms with van der Waals surface area (Å²) in [6, 6.07) is 16.3. The molecule has 0 aliphatic carbocycles. The zero-order valence-electron chi connectivity index (χ0n) is 29.3. The lowest BCUT2D eigenvalue weighted by Crippen LogP contribution is -2.21. The van der Waals surface area contributed by atoms with Crippen LogP contribution in [0.5, 0.6) is 0 Å². The third kappa shape index (κ3) is 9.51. The Morgan fingerprint density at radius 2 is 1.40 bits per heavy atom. The molecular formula is C36H31Cl3F2N6O6S2. The fourth-order valence-corrected chi connectivity index (χ4v) is 6.88. The van der Waals surface area contributed by atoms with Crippen molar-refractivity contribution in [2.45, 2.75) is 13.8 Å². The van der Waals surface area contributed by atoms with E-state index in [1.165, 1.54) is 23.5 Å². The summed E-state index contributed by atoms with van der Waals surface area (Å²) in [6.07, 6.45) is 3.42. The molecule has 0 radical (unpaired) electrons. The molecule has 0 saturated heterocycles. The van der Waals surface area contributed by atoms with Gasteiger partial charge < -0.3 is 25.9 Å². The highest BCUT2D eigenvalue weighted by Crippen LogP contribution is 2.32. The molecule has 0 saturated carbocycles. The van der Waals surface area contributed by atoms with Crippen LogP contribution in [0, 0.1) is 11.6 Å². The normalized spacial score (nSPS) is 10.6. The maximum Gasteiger partial charge on any atom is 0.345 e. The number of Topliss-reactive ketones (excluding diaryl/α,β-unsaturated/α-hetero) is 1. The number of H-pyrrole nitrogens is 1. The Kier molecular flexibility index (Phi) is 14.9. The number of aromatic nitrogens is 4. The first-order valence-corrected chi connectivity index (χ1v) is 19.4. The molecule has 0 aliphatic rings. The second-order valence-corrected chi connectivity index (χ2v) is 13.7. The number of para-hydroxylation sites is 4. The van der Waals surface area contributed by atoms with Crippen LogP contribution in [0.4, 0.5) is 20.2 Å². The van der Waals surface area contributed by atoms with Crippen LogP contribution >= 0.6 is 58.3 Å². The van der Waals surface area contributed by atoms with E-state index in [0.29, 0.717) is 26.6 Å². The van der Waals surface area contributed by atoms with Crippen LogP contribution in [0.25, 0.3) is 27.7 Å². The fourth-order valence-electron chi connectivity index (χ4n) is 4.91. The zero-order valence-corrected chi connectivity index (χ0v) is 33.2. The first kappa shape index (κ1) is 42.9. The quantitative estimate of drug-likeness (QED) is 0.0253. The Hall–Kier alpha value is -4.87. The Bertz CT molecular complexity index is 2510. The zero-order chi connectivity index (χ0) is 40.6. The fraction of sp³-hybridized carbons (Fsp3) is 0.167. The number of rotatable bonds is 8. The van der Waals surface area contributed by atoms with Gasteiger partial charge in [-0.1, -0.05) is 59.1 Å². The van der Waals surface area contributed by atoms with Gasteiger partial charge in [0.15, 0.2) is 27.6 Å². The van der Waals surface area contributed by atoms with E-state index in [2.05, 4.69) is 15.0 Å². The predicted molar refractivity (Wildman–Crippen MR) is 216 cm³/mol. The lowest BCUT2D eigenvalue weighted by molar-refractivity contribution is -0.138. The number of aromatic amines is 1. The molecule has 55 heavy (non-hydrogen) atoms. The number of nitrogen functional groups attached to an aromatic ring is 2. The van der Waals surface area contributed by atoms with Gasteiger partial charge in [-0.05, 0) is 62.8 Å². The van der Waals surface area contributed by atoms with Gasteiger partial charge in [0.05, 0.1) is 50.8 Å². The van der Waals surface area contributed by atoms with Crippen LogP contribution in [0.15, 0.2) is 75.3 Å². The largest absolute Gasteiger partial charge is 0.462 e. The number of imidazole rings is 1. The lowest BCUT2D eigenvalue weighted by atomic mass is 10.1. The number of nitrogens with two attached hydrogens (primary N) is 2. The first-order chi connectivity index (χ1) is 26.2. The van der Waals surface area contributed by atoms with E-state index in [-0.39, 0.29) is 56.9 Å². The van der Waals surface area contributed by atoms with Crippen LogP contribution < -0.4 is 16.9 Å². The Morgan fingerprint density at radius 1 is 0.836 bits per heavy atom. The number of hydrogen-bond acceptors (Lipinski definition) is 12. The molecule has 288 valence electrons. The Labute approximate surface area is 335 Å². The highest BCUT2D eigenvalue weighted by Gasteiger charge is 2.29. The van der Waals surface area contributed by atoms with Gasteiger partial charge in [0, 0.05) is 0 Å². The standard InChI is InChI=1S/C17H11ClFN3O3.C13H12Cl2FNO3S2.C6H8N2/c1-2-25-17(24)12-13(23)8-7-9(19)14(18)21-15(8)22-11-6-4-3-5-10(11)20-16(12)22;1-4-20-12(19)8(13(21-2)22-3)9(18)6-5-7(16)11(15)17-10(6)14;7-5-3-1-2-4-6(5)8/h3-7,20H,2H2,1H3;5H,4H2,1-3H3;1-4H,7-8H2. The van der Waals surface area contributed by atoms with E-state index in [9.17, 15) is 28.0 Å². The van der Waals surface area contributed by atoms with Gasteiger partial charge in [-0.3, -0.25) is 14.0 Å². The van der Waals surface area contributed by atoms with Crippen LogP contribution in [-0.2, 0) is 14.3 Å². The number of ketones is 1. The summed E-state index contributed by atoms with van der Waals surface area (Å²) in [6.45, 7) is 3.47. The van der Waals surface area contributed by atoms with Crippen LogP contribution in [0.3, 0.4) is 0 Å². The molecule has 6 rings (SSSR count). The lowest BCUT2D eigenvalue weighted by Gasteiger charge is -2.11. The second kappa shape index (κ2) is 19.1. The van der Waals surface area contributed by atoms with Gasteiger partial charge in [-0.15, -0.1) is 23.5 Å². The molecule has 0 atom stereocenters. The highest BCUT2D eigenvalue weighted by molar-refractivity contribution is 8.21. The Morgan fingerprint density at radius 3 is 1.98 bits per heavy atom. The van der Waals surface area contributed by atoms with Crippen molar-refractivity contribution in [2.24, 2.45) is 0 Å². The number of nitrogens with zero attached hydrogens (tertiary/aromatic N) is 3. The minimum Gasteiger partial charge on any atom is -0.462 e. The summed E-state index contributed by atoms with van der Waals surface area (Å²) in [5.74, 6) is -4.06. The SMILES string of the molecule is CCOC(=O)C(C(=O)c1cc(F)c(Cl)nc1Cl)=C(SC)SC.CCOC(=O)c1c(=O)c2cc(F)c(Cl)nc2n2c1[nH]c1ccccc12.Nc1ccccc1N. The number of nitrogens with one attached hydrogen (secondary N) is 1. The minimum atomic E-state index is -0.896. The van der Waals surface area contributed by atoms with Crippen molar-refractivity contribution < 1.29 is 32.6 Å². The molecule has 5 N–H and O–H groups in total. The number of fused-ring (bicyclic) bond motifs is 5. The number of benzene rings is 2. The van der Waals surface area contributed by atoms with Gasteiger partial charge in [-0.2, -0.15) is 0 Å². The van der Waals surface area contributed by atoms with Crippen LogP contribution in [0.2, 0.25) is 15.5 Å². The molecule has 0 bridgehead atoms. The molecule has 0 unspecified atom stereocenters. The topological polar surface area (TPSA) is 185 Å². The summed E-state index contributed by atoms with van der Waals surface area (Å²) < 4.78 is 39.3. The van der Waals surface area contributed by atoms with Gasteiger partial charge in [-0.25, -0.2) is 28.3 Å². The summed E-state index contributed by atoms with van der Waals surface area (Å²) in [4.78, 5) is 60.4. The van der Waals surface area contributed by atoms with Crippen molar-refractivity contribution in [2.75, 3.05) is 37.2 Å². The van der Waals surface area contributed by atoms with E-state index in [0.717, 1.165) is 12.1 Å². The molecule has 4 heterocycles. The van der Waals surface area contributed by atoms with Crippen molar-refractivity contribution in [3.05, 3.63) is 119 Å². The number of anilines is 2. The third-order valence-corrected chi connectivity index (χ3v) is 10.3. The summed E-state index contributed by atoms with van der Waals surface area (Å²) in [7, 11) is 0. The summed E-state index contributed by atoms with van der Waals surface area (Å²) in [5.41, 5.74) is 12.5. The smallest absolute Gasteiger partial charge is 0.345 e. The van der Waals surface area contributed by atoms with Crippen molar-refractivity contribution in [3.63, 3.8) is 0 Å². The van der Waals surface area contributed by atoms with E-state index in [1.54, 1.807) is 61.1 Å². The monoisotopic (exact) mass is 850 g/mol. The van der Waals surface area contributed by atoms with Crippen molar-refractivity contribution >= 4 is 115 Å². The predicted octanol–water partition coefficient (Wildman–Crippen LogP) is 8.36. The minimum absolute atomic E-state index is 0.0489. The number of hydrogen-bond donors (Lipinski definition) is 3. The summed E-state index contributed by atoms with van der Waals surface area (Å²) in [5, 5.41) is -1.13.